The molecule has 0 bridgehead atoms. The fraction of sp³-hybridized carbons (Fsp3) is 0. The third-order valence-corrected chi connectivity index (χ3v) is 1.13. The Bertz CT molecular complexity index is 73.5. The Hall–Kier alpha value is 1.24. The smallest absolute Gasteiger partial charge is 1.00 e. The van der Waals surface area contributed by atoms with Crippen LogP contribution in [0.1, 0.15) is 0 Å². The Morgan fingerprint density at radius 2 is 1.33 bits per heavy atom. The van der Waals surface area contributed by atoms with Gasteiger partial charge in [-0.25, -0.2) is 6.07 Å². The van der Waals surface area contributed by atoms with Crippen molar-refractivity contribution >= 4 is 8.19 Å². The first-order chi connectivity index (χ1) is 2.50. The van der Waals surface area contributed by atoms with E-state index in [-0.39, 0.29) is 80.7 Å². The summed E-state index contributed by atoms with van der Waals surface area (Å²) in [4.78, 5) is 0. The summed E-state index contributed by atoms with van der Waals surface area (Å²) in [6.07, 6.45) is 0. The van der Waals surface area contributed by atoms with Gasteiger partial charge in [0.05, 0.1) is 0 Å². The summed E-state index contributed by atoms with van der Waals surface area (Å²) < 4.78 is 0. The molecule has 0 aliphatic rings. The molecule has 0 fully saturated rings. The number of halogens is 2. The number of rotatable bonds is 0. The van der Waals surface area contributed by atoms with Crippen molar-refractivity contribution in [2.75, 3.05) is 0 Å². The molecule has 0 aliphatic carbocycles. The van der Waals surface area contributed by atoms with Crippen molar-refractivity contribution in [3.8, 4) is 0 Å². The van der Waals surface area contributed by atoms with E-state index < -0.39 is 0 Å². The van der Waals surface area contributed by atoms with Crippen molar-refractivity contribution in [3.05, 3.63) is 53.4 Å². The predicted octanol–water partition coefficient (Wildman–Crippen LogP) is -2.68. The molecule has 0 saturated heterocycles. The summed E-state index contributed by atoms with van der Waals surface area (Å²) in [7, 11) is 0.823. The zero-order chi connectivity index (χ0) is 3.54. The first-order valence-electron chi connectivity index (χ1n) is 1.49. The standard InChI is InChI=1S/C4H4P.4CH3.2ClH.Zr/c1-2-4-5-3-1;;;;;;;/h1-3,5H;4*1H3;2*1H;/q5*-1;;;+2/p-2. The van der Waals surface area contributed by atoms with E-state index in [1.165, 1.54) is 0 Å². The quantitative estimate of drug-likeness (QED) is 0.459. The van der Waals surface area contributed by atoms with E-state index in [0.717, 1.165) is 8.19 Å². The van der Waals surface area contributed by atoms with Crippen LogP contribution in [0.4, 0.5) is 0 Å². The van der Waals surface area contributed by atoms with Gasteiger partial charge in [0, 0.05) is 0 Å². The summed E-state index contributed by atoms with van der Waals surface area (Å²) >= 11 is 0. The molecule has 1 unspecified atom stereocenters. The van der Waals surface area contributed by atoms with Gasteiger partial charge in [-0.15, -0.1) is 0 Å². The summed E-state index contributed by atoms with van der Waals surface area (Å²) in [6.45, 7) is 0. The van der Waals surface area contributed by atoms with Crippen LogP contribution in [0.3, 0.4) is 0 Å². The van der Waals surface area contributed by atoms with Gasteiger partial charge in [0.1, 0.15) is 0 Å². The van der Waals surface area contributed by atoms with E-state index in [2.05, 4.69) is 11.6 Å². The van der Waals surface area contributed by atoms with Gasteiger partial charge in [0.25, 0.3) is 0 Å². The summed E-state index contributed by atoms with van der Waals surface area (Å²) in [6, 6.07) is 3.96. The van der Waals surface area contributed by atoms with Crippen molar-refractivity contribution in [3.63, 3.8) is 0 Å². The van der Waals surface area contributed by atoms with E-state index in [9.17, 15) is 0 Å². The second kappa shape index (κ2) is 39.7. The average molecular weight is 305 g/mol. The Morgan fingerprint density at radius 1 is 0.917 bits per heavy atom. The van der Waals surface area contributed by atoms with Crippen molar-refractivity contribution in [2.45, 2.75) is 0 Å². The van der Waals surface area contributed by atoms with Gasteiger partial charge >= 0.3 is 26.2 Å². The first kappa shape index (κ1) is 50.9. The van der Waals surface area contributed by atoms with Gasteiger partial charge < -0.3 is 54.5 Å². The molecule has 0 aromatic carbocycles. The Kier molecular flexibility index (Phi) is 169. The SMILES string of the molecule is [CH3-].[CH3-].[CH3-].[CH3-].[Cl-].[Cl-].[Zr+2].[c-]1ccc[pH]1. The molecule has 1 aromatic heterocycles. The van der Waals surface area contributed by atoms with E-state index in [1.54, 1.807) is 0 Å². The van der Waals surface area contributed by atoms with E-state index >= 15 is 0 Å². The van der Waals surface area contributed by atoms with Gasteiger partial charge in [-0.2, -0.15) is 17.7 Å². The second-order valence-corrected chi connectivity index (χ2v) is 1.73. The third kappa shape index (κ3) is 30.3. The van der Waals surface area contributed by atoms with Gasteiger partial charge in [0.2, 0.25) is 0 Å². The summed E-state index contributed by atoms with van der Waals surface area (Å²) in [5, 5.41) is 0. The summed E-state index contributed by atoms with van der Waals surface area (Å²) in [5.41, 5.74) is 0. The molecule has 0 radical (unpaired) electrons. The van der Waals surface area contributed by atoms with Crippen LogP contribution in [0.5, 0.6) is 0 Å². The molecule has 0 saturated carbocycles. The zero-order valence-corrected chi connectivity index (χ0v) is 13.0. The molecule has 0 spiro atoms. The van der Waals surface area contributed by atoms with Crippen LogP contribution in [0.25, 0.3) is 0 Å². The van der Waals surface area contributed by atoms with Gasteiger partial charge in [0.15, 0.2) is 0 Å². The van der Waals surface area contributed by atoms with E-state index in [1.807, 2.05) is 12.1 Å². The molecule has 0 N–H and O–H groups in total. The second-order valence-electron chi connectivity index (χ2n) is 0.814. The number of hydrogen-bond acceptors (Lipinski definition) is 0. The molecule has 1 atom stereocenters. The van der Waals surface area contributed by atoms with Crippen LogP contribution >= 0.6 is 8.19 Å². The Balaban J connectivity index is -0.00000000714. The van der Waals surface area contributed by atoms with Gasteiger partial charge in [-0.1, -0.05) is 0 Å². The minimum Gasteiger partial charge on any atom is -1.00 e. The predicted molar refractivity (Wildman–Crippen MR) is 50.4 cm³/mol. The van der Waals surface area contributed by atoms with Crippen molar-refractivity contribution in [2.24, 2.45) is 0 Å². The van der Waals surface area contributed by atoms with Crippen LogP contribution in [-0.4, -0.2) is 0 Å². The normalized spacial score (nSPS) is 4.00. The van der Waals surface area contributed by atoms with Crippen LogP contribution in [-0.2, 0) is 26.2 Å². The molecule has 1 heterocycles. The largest absolute Gasteiger partial charge is 2.00 e. The molecule has 4 heteroatoms. The maximum Gasteiger partial charge on any atom is 2.00 e. The molecule has 1 aromatic rings. The van der Waals surface area contributed by atoms with Crippen LogP contribution in [0.15, 0.2) is 17.9 Å². The van der Waals surface area contributed by atoms with E-state index in [0.29, 0.717) is 0 Å². The maximum absolute atomic E-state index is 3.01. The monoisotopic (exact) mass is 303 g/mol. The van der Waals surface area contributed by atoms with Crippen LogP contribution < -0.4 is 24.8 Å². The number of hydrogen-bond donors (Lipinski definition) is 0. The first-order valence-corrected chi connectivity index (χ1v) is 2.57. The third-order valence-electron chi connectivity index (χ3n) is 0.442. The molecule has 0 aliphatic heterocycles. The minimum atomic E-state index is 0. The van der Waals surface area contributed by atoms with Gasteiger partial charge in [-0.3, -0.25) is 8.19 Å². The fourth-order valence-corrected chi connectivity index (χ4v) is 0.722. The van der Waals surface area contributed by atoms with Crippen LogP contribution in [0.2, 0.25) is 0 Å². The fourth-order valence-electron chi connectivity index (χ4n) is 0.241. The van der Waals surface area contributed by atoms with Gasteiger partial charge in [-0.05, 0) is 0 Å². The maximum atomic E-state index is 3.01. The van der Waals surface area contributed by atoms with Crippen molar-refractivity contribution in [1.82, 2.24) is 0 Å². The molecule has 1 rings (SSSR count). The van der Waals surface area contributed by atoms with Crippen molar-refractivity contribution in [1.29, 1.82) is 0 Å². The molecule has 76 valence electrons. The molecule has 12 heavy (non-hydrogen) atoms. The zero-order valence-electron chi connectivity index (χ0n) is 7.99. The Morgan fingerprint density at radius 3 is 1.42 bits per heavy atom. The minimum absolute atomic E-state index is 0. The molecule has 0 nitrogen and oxygen atoms in total. The van der Waals surface area contributed by atoms with Crippen molar-refractivity contribution < 1.29 is 51.0 Å². The molecular weight excluding hydrogens is 289 g/mol. The van der Waals surface area contributed by atoms with Crippen LogP contribution in [0, 0.1) is 35.5 Å². The van der Waals surface area contributed by atoms with E-state index in [4.69, 9.17) is 0 Å². The molecular formula is C8H16Cl2PZr-5. The average Bonchev–Trinajstić information content (AvgIpc) is 1.76. The topological polar surface area (TPSA) is 0 Å². The summed E-state index contributed by atoms with van der Waals surface area (Å²) in [5.74, 6) is 5.11. The Labute approximate surface area is 112 Å². The molecule has 0 amide bonds.